The highest BCUT2D eigenvalue weighted by atomic mass is 32.2. The number of carbonyl (C=O) groups is 2. The lowest BCUT2D eigenvalue weighted by atomic mass is 10.2. The van der Waals surface area contributed by atoms with Crippen LogP contribution < -0.4 is 14.8 Å². The largest absolute Gasteiger partial charge is 0.494 e. The molecule has 2 amide bonds. The number of nitrogens with zero attached hydrogens (tertiary/aromatic N) is 2. The summed E-state index contributed by atoms with van der Waals surface area (Å²) in [5.74, 6) is 0.966. The highest BCUT2D eigenvalue weighted by molar-refractivity contribution is 8.15. The molecule has 8 heteroatoms. The second kappa shape index (κ2) is 10.2. The van der Waals surface area contributed by atoms with E-state index in [1.807, 2.05) is 50.2 Å². The van der Waals surface area contributed by atoms with E-state index in [0.717, 1.165) is 0 Å². The fourth-order valence-corrected chi connectivity index (χ4v) is 4.27. The van der Waals surface area contributed by atoms with Crippen molar-refractivity contribution in [1.82, 2.24) is 4.90 Å². The Morgan fingerprint density at radius 2 is 2.00 bits per heavy atom. The van der Waals surface area contributed by atoms with E-state index in [1.54, 1.807) is 24.1 Å². The number of para-hydroxylation sites is 2. The van der Waals surface area contributed by atoms with E-state index >= 15 is 0 Å². The van der Waals surface area contributed by atoms with Crippen LogP contribution in [0.4, 0.5) is 11.4 Å². The van der Waals surface area contributed by atoms with Gasteiger partial charge in [-0.2, -0.15) is 0 Å². The fourth-order valence-electron chi connectivity index (χ4n) is 3.05. The number of amides is 2. The number of aliphatic imine (C=N–C) groups is 1. The van der Waals surface area contributed by atoms with E-state index in [2.05, 4.69) is 10.3 Å². The third kappa shape index (κ3) is 5.13. The van der Waals surface area contributed by atoms with Crippen molar-refractivity contribution in [3.8, 4) is 11.5 Å². The van der Waals surface area contributed by atoms with Crippen LogP contribution >= 0.6 is 11.8 Å². The summed E-state index contributed by atoms with van der Waals surface area (Å²) in [5, 5.41) is 2.89. The number of benzene rings is 2. The van der Waals surface area contributed by atoms with E-state index < -0.39 is 5.25 Å². The van der Waals surface area contributed by atoms with Gasteiger partial charge in [0.2, 0.25) is 11.8 Å². The molecule has 1 aliphatic heterocycles. The van der Waals surface area contributed by atoms with Crippen molar-refractivity contribution in [2.45, 2.75) is 25.5 Å². The van der Waals surface area contributed by atoms with Crippen LogP contribution in [0, 0.1) is 0 Å². The molecule has 1 aliphatic rings. The van der Waals surface area contributed by atoms with Gasteiger partial charge in [0.15, 0.2) is 5.17 Å². The topological polar surface area (TPSA) is 80.2 Å². The molecule has 2 aromatic carbocycles. The SMILES string of the molecule is CCOc1cccc(NC(=O)CC2SC(=Nc3ccccc3OC)N(CC)C2=O)c1. The highest BCUT2D eigenvalue weighted by Gasteiger charge is 2.38. The van der Waals surface area contributed by atoms with Gasteiger partial charge in [0.05, 0.1) is 13.7 Å². The lowest BCUT2D eigenvalue weighted by Crippen LogP contribution is -2.33. The maximum atomic E-state index is 12.8. The molecule has 1 N–H and O–H groups in total. The predicted octanol–water partition coefficient (Wildman–Crippen LogP) is 4.07. The quantitative estimate of drug-likeness (QED) is 0.687. The number of nitrogens with one attached hydrogen (secondary N) is 1. The molecule has 2 aromatic rings. The molecule has 0 saturated carbocycles. The Balaban J connectivity index is 1.71. The Morgan fingerprint density at radius 3 is 2.73 bits per heavy atom. The summed E-state index contributed by atoms with van der Waals surface area (Å²) in [6, 6.07) is 14.6. The number of thioether (sulfide) groups is 1. The molecule has 1 heterocycles. The van der Waals surface area contributed by atoms with Crippen LogP contribution in [-0.2, 0) is 9.59 Å². The number of hydrogen-bond acceptors (Lipinski definition) is 6. The lowest BCUT2D eigenvalue weighted by Gasteiger charge is -2.14. The molecule has 1 atom stereocenters. The third-order valence-electron chi connectivity index (χ3n) is 4.44. The number of carbonyl (C=O) groups excluding carboxylic acids is 2. The zero-order valence-electron chi connectivity index (χ0n) is 17.3. The molecule has 158 valence electrons. The monoisotopic (exact) mass is 427 g/mol. The van der Waals surface area contributed by atoms with E-state index in [9.17, 15) is 9.59 Å². The molecular weight excluding hydrogens is 402 g/mol. The van der Waals surface area contributed by atoms with Crippen molar-refractivity contribution in [2.75, 3.05) is 25.6 Å². The second-order valence-corrected chi connectivity index (χ2v) is 7.64. The molecule has 0 spiro atoms. The molecule has 0 radical (unpaired) electrons. The first kappa shape index (κ1) is 21.7. The Kier molecular flexibility index (Phi) is 7.35. The van der Waals surface area contributed by atoms with E-state index in [0.29, 0.717) is 41.2 Å². The van der Waals surface area contributed by atoms with Gasteiger partial charge in [-0.05, 0) is 38.1 Å². The molecule has 30 heavy (non-hydrogen) atoms. The summed E-state index contributed by atoms with van der Waals surface area (Å²) in [5.41, 5.74) is 1.28. The number of amidine groups is 1. The Morgan fingerprint density at radius 1 is 1.20 bits per heavy atom. The summed E-state index contributed by atoms with van der Waals surface area (Å²) in [6.45, 7) is 4.82. The molecule has 7 nitrogen and oxygen atoms in total. The summed E-state index contributed by atoms with van der Waals surface area (Å²) >= 11 is 1.30. The first-order valence-corrected chi connectivity index (χ1v) is 10.7. The standard InChI is InChI=1S/C22H25N3O4S/c1-4-25-21(27)19(30-22(25)24-17-11-6-7-12-18(17)28-3)14-20(26)23-15-9-8-10-16(13-15)29-5-2/h6-13,19H,4-5,14H2,1-3H3,(H,23,26). The zero-order chi connectivity index (χ0) is 21.5. The maximum Gasteiger partial charge on any atom is 0.242 e. The maximum absolute atomic E-state index is 12.8. The molecule has 0 bridgehead atoms. The van der Waals surface area contributed by atoms with Crippen LogP contribution in [0.15, 0.2) is 53.5 Å². The van der Waals surface area contributed by atoms with Crippen LogP contribution in [0.5, 0.6) is 11.5 Å². The minimum atomic E-state index is -0.520. The molecule has 1 unspecified atom stereocenters. The van der Waals surface area contributed by atoms with Gasteiger partial charge < -0.3 is 14.8 Å². The van der Waals surface area contributed by atoms with Crippen LogP contribution in [0.2, 0.25) is 0 Å². The summed E-state index contributed by atoms with van der Waals surface area (Å²) in [6.07, 6.45) is 0.0593. The summed E-state index contributed by atoms with van der Waals surface area (Å²) < 4.78 is 10.8. The number of methoxy groups -OCH3 is 1. The normalized spacial score (nSPS) is 17.3. The van der Waals surface area contributed by atoms with Gasteiger partial charge in [0.1, 0.15) is 22.4 Å². The Hall–Kier alpha value is -3.00. The molecule has 0 aromatic heterocycles. The molecule has 0 aliphatic carbocycles. The van der Waals surface area contributed by atoms with Crippen molar-refractivity contribution in [2.24, 2.45) is 4.99 Å². The van der Waals surface area contributed by atoms with Crippen molar-refractivity contribution in [3.63, 3.8) is 0 Å². The van der Waals surface area contributed by atoms with Crippen molar-refractivity contribution < 1.29 is 19.1 Å². The minimum Gasteiger partial charge on any atom is -0.494 e. The lowest BCUT2D eigenvalue weighted by molar-refractivity contribution is -0.128. The Labute approximate surface area is 180 Å². The number of rotatable bonds is 8. The molecule has 1 fully saturated rings. The van der Waals surface area contributed by atoms with E-state index in [4.69, 9.17) is 9.47 Å². The van der Waals surface area contributed by atoms with Gasteiger partial charge in [0.25, 0.3) is 0 Å². The van der Waals surface area contributed by atoms with Gasteiger partial charge in [-0.1, -0.05) is 30.0 Å². The first-order valence-electron chi connectivity index (χ1n) is 9.78. The molecular formula is C22H25N3O4S. The minimum absolute atomic E-state index is 0.0593. The second-order valence-electron chi connectivity index (χ2n) is 6.47. The average molecular weight is 428 g/mol. The van der Waals surface area contributed by atoms with E-state index in [-0.39, 0.29) is 18.2 Å². The van der Waals surface area contributed by atoms with Crippen LogP contribution in [0.25, 0.3) is 0 Å². The number of ether oxygens (including phenoxy) is 2. The zero-order valence-corrected chi connectivity index (χ0v) is 18.1. The van der Waals surface area contributed by atoms with Crippen LogP contribution in [0.1, 0.15) is 20.3 Å². The van der Waals surface area contributed by atoms with Crippen molar-refractivity contribution in [3.05, 3.63) is 48.5 Å². The summed E-state index contributed by atoms with van der Waals surface area (Å²) in [7, 11) is 1.58. The van der Waals surface area contributed by atoms with Gasteiger partial charge in [-0.25, -0.2) is 4.99 Å². The van der Waals surface area contributed by atoms with Crippen LogP contribution in [-0.4, -0.2) is 47.4 Å². The van der Waals surface area contributed by atoms with Gasteiger partial charge in [0, 0.05) is 24.7 Å². The third-order valence-corrected chi connectivity index (χ3v) is 5.61. The fraction of sp³-hybridized carbons (Fsp3) is 0.318. The summed E-state index contributed by atoms with van der Waals surface area (Å²) in [4.78, 5) is 31.6. The van der Waals surface area contributed by atoms with Gasteiger partial charge in [-0.3, -0.25) is 14.5 Å². The first-order chi connectivity index (χ1) is 14.5. The van der Waals surface area contributed by atoms with E-state index in [1.165, 1.54) is 11.8 Å². The van der Waals surface area contributed by atoms with Crippen molar-refractivity contribution in [1.29, 1.82) is 0 Å². The number of anilines is 1. The molecule has 3 rings (SSSR count). The molecule has 1 saturated heterocycles. The predicted molar refractivity (Wildman–Crippen MR) is 120 cm³/mol. The van der Waals surface area contributed by atoms with Gasteiger partial charge >= 0.3 is 0 Å². The average Bonchev–Trinajstić information content (AvgIpc) is 3.02. The van der Waals surface area contributed by atoms with Crippen molar-refractivity contribution >= 4 is 40.1 Å². The number of hydrogen-bond donors (Lipinski definition) is 1. The smallest absolute Gasteiger partial charge is 0.242 e. The Bertz CT molecular complexity index is 947. The van der Waals surface area contributed by atoms with Gasteiger partial charge in [-0.15, -0.1) is 0 Å². The highest BCUT2D eigenvalue weighted by Crippen LogP contribution is 2.34. The van der Waals surface area contributed by atoms with Crippen LogP contribution in [0.3, 0.4) is 0 Å².